The van der Waals surface area contributed by atoms with Crippen LogP contribution in [-0.2, 0) is 4.79 Å². The predicted molar refractivity (Wildman–Crippen MR) is 95.6 cm³/mol. The maximum absolute atomic E-state index is 11.8. The number of hydrazone groups is 1. The molecule has 2 aromatic rings. The molecule has 3 N–H and O–H groups in total. The van der Waals surface area contributed by atoms with E-state index in [1.54, 1.807) is 0 Å². The number of nitroso groups, excluding NO2 is 1. The van der Waals surface area contributed by atoms with E-state index in [1.165, 1.54) is 0 Å². The summed E-state index contributed by atoms with van der Waals surface area (Å²) in [4.78, 5) is 32.4. The summed E-state index contributed by atoms with van der Waals surface area (Å²) >= 11 is 0. The molecule has 0 bridgehead atoms. The van der Waals surface area contributed by atoms with Crippen molar-refractivity contribution in [3.05, 3.63) is 62.5 Å². The molecule has 0 unspecified atom stereocenters. The van der Waals surface area contributed by atoms with E-state index in [-0.39, 0.29) is 17.8 Å². The molecule has 1 amide bonds. The van der Waals surface area contributed by atoms with Gasteiger partial charge in [0.25, 0.3) is 5.91 Å². The van der Waals surface area contributed by atoms with Crippen LogP contribution < -0.4 is 10.7 Å². The van der Waals surface area contributed by atoms with Crippen molar-refractivity contribution >= 4 is 29.2 Å². The molecular weight excluding hydrogens is 342 g/mol. The van der Waals surface area contributed by atoms with Crippen molar-refractivity contribution < 1.29 is 14.8 Å². The summed E-state index contributed by atoms with van der Waals surface area (Å²) in [6.45, 7) is 1.84. The van der Waals surface area contributed by atoms with Crippen LogP contribution in [0.5, 0.6) is 5.75 Å². The molecule has 2 aromatic carbocycles. The number of phenolic OH excluding ortho intramolecular Hbond substituents is 1. The van der Waals surface area contributed by atoms with Crippen molar-refractivity contribution in [2.75, 3.05) is 11.9 Å². The highest BCUT2D eigenvalue weighted by molar-refractivity contribution is 5.89. The summed E-state index contributed by atoms with van der Waals surface area (Å²) in [6.07, 6.45) is 0.989. The topological polar surface area (TPSA) is 146 Å². The van der Waals surface area contributed by atoms with E-state index >= 15 is 0 Å². The van der Waals surface area contributed by atoms with E-state index in [4.69, 9.17) is 0 Å². The number of hydrogen-bond acceptors (Lipinski definition) is 8. The summed E-state index contributed by atoms with van der Waals surface area (Å²) in [7, 11) is 0. The number of anilines is 1. The van der Waals surface area contributed by atoms with E-state index in [0.29, 0.717) is 0 Å². The summed E-state index contributed by atoms with van der Waals surface area (Å²) < 4.78 is 0. The average molecular weight is 357 g/mol. The smallest absolute Gasteiger partial charge is 0.313 e. The van der Waals surface area contributed by atoms with Crippen molar-refractivity contribution in [3.8, 4) is 5.75 Å². The fraction of sp³-hybridized carbons (Fsp3) is 0.125. The Labute approximate surface area is 147 Å². The van der Waals surface area contributed by atoms with Gasteiger partial charge < -0.3 is 10.4 Å². The molecule has 0 aliphatic rings. The van der Waals surface area contributed by atoms with E-state index in [0.717, 1.165) is 29.6 Å². The van der Waals surface area contributed by atoms with Crippen LogP contribution in [0.2, 0.25) is 0 Å². The molecule has 0 radical (unpaired) electrons. The minimum atomic E-state index is -0.855. The Kier molecular flexibility index (Phi) is 5.93. The van der Waals surface area contributed by atoms with Gasteiger partial charge in [-0.25, -0.2) is 5.43 Å². The maximum Gasteiger partial charge on any atom is 0.313 e. The van der Waals surface area contributed by atoms with Gasteiger partial charge in [-0.3, -0.25) is 14.9 Å². The zero-order valence-corrected chi connectivity index (χ0v) is 13.7. The summed E-state index contributed by atoms with van der Waals surface area (Å²) in [5.74, 6) is -1.15. The minimum absolute atomic E-state index is 0.0513. The van der Waals surface area contributed by atoms with E-state index in [1.807, 2.05) is 31.2 Å². The third kappa shape index (κ3) is 4.60. The van der Waals surface area contributed by atoms with Crippen LogP contribution in [0.15, 0.2) is 46.7 Å². The number of nitrogens with zero attached hydrogens (tertiary/aromatic N) is 3. The number of phenols is 1. The molecule has 0 saturated carbocycles. The van der Waals surface area contributed by atoms with Crippen LogP contribution in [0.1, 0.15) is 11.1 Å². The second kappa shape index (κ2) is 8.33. The number of benzene rings is 2. The van der Waals surface area contributed by atoms with Crippen LogP contribution in [0, 0.1) is 21.9 Å². The molecule has 0 heterocycles. The third-order valence-electron chi connectivity index (χ3n) is 3.38. The van der Waals surface area contributed by atoms with Gasteiger partial charge in [0, 0.05) is 17.3 Å². The molecule has 0 fully saturated rings. The Balaban J connectivity index is 2.02. The second-order valence-corrected chi connectivity index (χ2v) is 5.21. The quantitative estimate of drug-likeness (QED) is 0.300. The molecule has 26 heavy (non-hydrogen) atoms. The van der Waals surface area contributed by atoms with Crippen molar-refractivity contribution in [2.45, 2.75) is 6.92 Å². The summed E-state index contributed by atoms with van der Waals surface area (Å²) in [5, 5.41) is 29.8. The lowest BCUT2D eigenvalue weighted by atomic mass is 10.1. The number of aryl methyl sites for hydroxylation is 1. The zero-order chi connectivity index (χ0) is 19.1. The van der Waals surface area contributed by atoms with Crippen molar-refractivity contribution in [3.63, 3.8) is 0 Å². The van der Waals surface area contributed by atoms with Gasteiger partial charge in [0.2, 0.25) is 5.75 Å². The van der Waals surface area contributed by atoms with Gasteiger partial charge in [-0.2, -0.15) is 5.10 Å². The molecule has 0 aliphatic heterocycles. The van der Waals surface area contributed by atoms with Gasteiger partial charge in [-0.15, -0.1) is 4.91 Å². The normalized spacial score (nSPS) is 10.5. The number of nitrogens with one attached hydrogen (secondary N) is 2. The largest absolute Gasteiger partial charge is 0.502 e. The van der Waals surface area contributed by atoms with Crippen molar-refractivity contribution in [2.24, 2.45) is 10.3 Å². The lowest BCUT2D eigenvalue weighted by Gasteiger charge is -2.07. The van der Waals surface area contributed by atoms with Crippen LogP contribution in [0.3, 0.4) is 0 Å². The van der Waals surface area contributed by atoms with Gasteiger partial charge >= 0.3 is 5.69 Å². The highest BCUT2D eigenvalue weighted by Gasteiger charge is 2.18. The monoisotopic (exact) mass is 357 g/mol. The molecule has 2 rings (SSSR count). The lowest BCUT2D eigenvalue weighted by molar-refractivity contribution is -0.385. The van der Waals surface area contributed by atoms with Gasteiger partial charge in [0.1, 0.15) is 5.69 Å². The van der Waals surface area contributed by atoms with E-state index < -0.39 is 22.3 Å². The van der Waals surface area contributed by atoms with Gasteiger partial charge in [-0.1, -0.05) is 18.2 Å². The Morgan fingerprint density at radius 1 is 1.35 bits per heavy atom. The van der Waals surface area contributed by atoms with E-state index in [2.05, 4.69) is 21.0 Å². The van der Waals surface area contributed by atoms with Crippen LogP contribution in [0.4, 0.5) is 17.1 Å². The first-order valence-electron chi connectivity index (χ1n) is 7.38. The second-order valence-electron chi connectivity index (χ2n) is 5.21. The molecule has 0 saturated heterocycles. The Hall–Kier alpha value is -3.82. The molecular formula is C16H15N5O5. The van der Waals surface area contributed by atoms with Crippen LogP contribution in [-0.4, -0.2) is 28.7 Å². The predicted octanol–water partition coefficient (Wildman–Crippen LogP) is 2.57. The fourth-order valence-corrected chi connectivity index (χ4v) is 2.08. The molecule has 0 aliphatic carbocycles. The molecule has 0 spiro atoms. The lowest BCUT2D eigenvalue weighted by Crippen LogP contribution is -2.26. The Bertz CT molecular complexity index is 881. The number of carbonyl (C=O) groups is 1. The third-order valence-corrected chi connectivity index (χ3v) is 3.38. The molecule has 0 aromatic heterocycles. The van der Waals surface area contributed by atoms with Gasteiger partial charge in [0.05, 0.1) is 17.7 Å². The first-order chi connectivity index (χ1) is 12.4. The van der Waals surface area contributed by atoms with Gasteiger partial charge in [0.15, 0.2) is 0 Å². The number of para-hydroxylation sites is 1. The summed E-state index contributed by atoms with van der Waals surface area (Å²) in [6, 6.07) is 9.36. The molecule has 134 valence electrons. The molecule has 10 heteroatoms. The number of rotatable bonds is 7. The summed E-state index contributed by atoms with van der Waals surface area (Å²) in [5.41, 5.74) is 2.92. The van der Waals surface area contributed by atoms with Crippen LogP contribution in [0.25, 0.3) is 0 Å². The Morgan fingerprint density at radius 3 is 2.73 bits per heavy atom. The number of aromatic hydroxyl groups is 1. The van der Waals surface area contributed by atoms with Crippen molar-refractivity contribution in [1.82, 2.24) is 5.43 Å². The standard InChI is InChI=1S/C16H15N5O5/c1-10-4-2-3-5-13(10)17-9-15(22)19-18-8-11-6-12(20-24)7-14(16(11)23)21(25)26/h2-8,17,23H,9H2,1H3,(H,19,22)/b18-8+. The first-order valence-corrected chi connectivity index (χ1v) is 7.38. The fourth-order valence-electron chi connectivity index (χ4n) is 2.08. The number of nitro groups is 1. The molecule has 10 nitrogen and oxygen atoms in total. The zero-order valence-electron chi connectivity index (χ0n) is 13.7. The van der Waals surface area contributed by atoms with Gasteiger partial charge in [-0.05, 0) is 29.8 Å². The van der Waals surface area contributed by atoms with Crippen molar-refractivity contribution in [1.29, 1.82) is 0 Å². The molecule has 0 atom stereocenters. The first kappa shape index (κ1) is 18.5. The highest BCUT2D eigenvalue weighted by Crippen LogP contribution is 2.33. The Morgan fingerprint density at radius 2 is 2.08 bits per heavy atom. The highest BCUT2D eigenvalue weighted by atomic mass is 16.6. The average Bonchev–Trinajstić information content (AvgIpc) is 2.62. The SMILES string of the molecule is Cc1ccccc1NCC(=O)N/N=C/c1cc(N=O)cc([N+](=O)[O-])c1O. The minimum Gasteiger partial charge on any atom is -0.502 e. The van der Waals surface area contributed by atoms with Crippen LogP contribution >= 0.6 is 0 Å². The number of nitro benzene ring substituents is 1. The number of hydrogen-bond donors (Lipinski definition) is 3. The van der Waals surface area contributed by atoms with E-state index in [9.17, 15) is 24.9 Å². The maximum atomic E-state index is 11.8. The number of carbonyl (C=O) groups excluding carboxylic acids is 1. The number of amides is 1.